The van der Waals surface area contributed by atoms with Crippen molar-refractivity contribution in [3.63, 3.8) is 0 Å². The van der Waals surface area contributed by atoms with E-state index in [0.717, 1.165) is 36.7 Å². The van der Waals surface area contributed by atoms with Gasteiger partial charge in [0, 0.05) is 32.4 Å². The number of anilines is 1. The van der Waals surface area contributed by atoms with Crippen molar-refractivity contribution in [1.29, 1.82) is 0 Å². The molecule has 3 heterocycles. The van der Waals surface area contributed by atoms with Gasteiger partial charge in [0.1, 0.15) is 16.4 Å². The Kier molecular flexibility index (Phi) is 5.05. The molecule has 0 radical (unpaired) electrons. The van der Waals surface area contributed by atoms with Gasteiger partial charge in [-0.25, -0.2) is 14.8 Å². The molecule has 7 heteroatoms. The lowest BCUT2D eigenvalue weighted by atomic mass is 10.2. The summed E-state index contributed by atoms with van der Waals surface area (Å²) in [7, 11) is 1.40. The summed E-state index contributed by atoms with van der Waals surface area (Å²) in [6.07, 6.45) is 1.72. The van der Waals surface area contributed by atoms with Crippen LogP contribution in [-0.2, 0) is 4.74 Å². The van der Waals surface area contributed by atoms with Crippen LogP contribution in [0.15, 0.2) is 42.6 Å². The highest BCUT2D eigenvalue weighted by molar-refractivity contribution is 7.18. The van der Waals surface area contributed by atoms with E-state index in [2.05, 4.69) is 39.9 Å². The Balaban J connectivity index is 1.47. The van der Waals surface area contributed by atoms with Gasteiger partial charge < -0.3 is 9.64 Å². The maximum Gasteiger partial charge on any atom is 0.341 e. The highest BCUT2D eigenvalue weighted by atomic mass is 32.1. The second-order valence-electron chi connectivity index (χ2n) is 6.58. The fourth-order valence-corrected chi connectivity index (χ4v) is 4.52. The van der Waals surface area contributed by atoms with Crippen LogP contribution in [0.1, 0.15) is 28.3 Å². The zero-order valence-electron chi connectivity index (χ0n) is 15.5. The SMILES string of the molecule is COC(=O)c1cccnc1N1CCN(C(C)c2nc3ccccc3s2)CC1. The van der Waals surface area contributed by atoms with Crippen molar-refractivity contribution in [1.82, 2.24) is 14.9 Å². The Morgan fingerprint density at radius 1 is 1.15 bits per heavy atom. The molecule has 2 aromatic heterocycles. The van der Waals surface area contributed by atoms with Crippen molar-refractivity contribution < 1.29 is 9.53 Å². The van der Waals surface area contributed by atoms with E-state index in [9.17, 15) is 4.79 Å². The molecule has 1 aliphatic heterocycles. The molecule has 27 heavy (non-hydrogen) atoms. The quantitative estimate of drug-likeness (QED) is 0.645. The minimum absolute atomic E-state index is 0.272. The molecule has 140 valence electrons. The summed E-state index contributed by atoms with van der Waals surface area (Å²) >= 11 is 1.77. The van der Waals surface area contributed by atoms with Crippen molar-refractivity contribution in [2.75, 3.05) is 38.2 Å². The van der Waals surface area contributed by atoms with Crippen LogP contribution in [0.2, 0.25) is 0 Å². The Morgan fingerprint density at radius 2 is 1.93 bits per heavy atom. The van der Waals surface area contributed by atoms with Crippen molar-refractivity contribution in [2.45, 2.75) is 13.0 Å². The van der Waals surface area contributed by atoms with Crippen molar-refractivity contribution in [3.05, 3.63) is 53.2 Å². The van der Waals surface area contributed by atoms with E-state index in [4.69, 9.17) is 9.72 Å². The summed E-state index contributed by atoms with van der Waals surface area (Å²) in [4.78, 5) is 25.8. The number of para-hydroxylation sites is 1. The summed E-state index contributed by atoms with van der Waals surface area (Å²) in [6.45, 7) is 5.64. The number of carbonyl (C=O) groups is 1. The van der Waals surface area contributed by atoms with E-state index in [1.807, 2.05) is 6.07 Å². The van der Waals surface area contributed by atoms with Crippen LogP contribution in [0, 0.1) is 0 Å². The van der Waals surface area contributed by atoms with Gasteiger partial charge >= 0.3 is 5.97 Å². The Labute approximate surface area is 162 Å². The predicted molar refractivity (Wildman–Crippen MR) is 107 cm³/mol. The number of pyridine rings is 1. The van der Waals surface area contributed by atoms with E-state index < -0.39 is 0 Å². The van der Waals surface area contributed by atoms with Crippen LogP contribution in [0.4, 0.5) is 5.82 Å². The summed E-state index contributed by atoms with van der Waals surface area (Å²) < 4.78 is 6.12. The average Bonchev–Trinajstić information content (AvgIpc) is 3.17. The van der Waals surface area contributed by atoms with E-state index in [1.54, 1.807) is 29.7 Å². The summed E-state index contributed by atoms with van der Waals surface area (Å²) in [5, 5.41) is 1.15. The number of esters is 1. The van der Waals surface area contributed by atoms with Crippen LogP contribution < -0.4 is 4.90 Å². The molecule has 0 amide bonds. The van der Waals surface area contributed by atoms with Gasteiger partial charge in [-0.2, -0.15) is 0 Å². The first-order valence-corrected chi connectivity index (χ1v) is 9.87. The highest BCUT2D eigenvalue weighted by Gasteiger charge is 2.27. The summed E-state index contributed by atoms with van der Waals surface area (Å²) in [5.41, 5.74) is 1.59. The van der Waals surface area contributed by atoms with Crippen molar-refractivity contribution in [2.24, 2.45) is 0 Å². The number of thiazole rings is 1. The maximum atomic E-state index is 12.0. The minimum Gasteiger partial charge on any atom is -0.465 e. The molecule has 1 atom stereocenters. The van der Waals surface area contributed by atoms with Crippen LogP contribution in [0.5, 0.6) is 0 Å². The van der Waals surface area contributed by atoms with E-state index >= 15 is 0 Å². The first kappa shape index (κ1) is 17.9. The average molecular weight is 382 g/mol. The third-order valence-corrected chi connectivity index (χ3v) is 6.23. The maximum absolute atomic E-state index is 12.0. The molecule has 1 saturated heterocycles. The lowest BCUT2D eigenvalue weighted by Gasteiger charge is -2.38. The number of nitrogens with zero attached hydrogens (tertiary/aromatic N) is 4. The second kappa shape index (κ2) is 7.62. The van der Waals surface area contributed by atoms with E-state index in [0.29, 0.717) is 11.4 Å². The van der Waals surface area contributed by atoms with Gasteiger partial charge in [-0.1, -0.05) is 12.1 Å². The number of hydrogen-bond donors (Lipinski definition) is 0. The molecular weight excluding hydrogens is 360 g/mol. The molecule has 0 N–H and O–H groups in total. The monoisotopic (exact) mass is 382 g/mol. The lowest BCUT2D eigenvalue weighted by molar-refractivity contribution is 0.0600. The normalized spacial score (nSPS) is 16.4. The highest BCUT2D eigenvalue weighted by Crippen LogP contribution is 2.30. The predicted octanol–water partition coefficient (Wildman–Crippen LogP) is 3.36. The Morgan fingerprint density at radius 3 is 2.67 bits per heavy atom. The smallest absolute Gasteiger partial charge is 0.341 e. The first-order chi connectivity index (χ1) is 13.2. The van der Waals surface area contributed by atoms with Gasteiger partial charge in [-0.3, -0.25) is 4.90 Å². The van der Waals surface area contributed by atoms with E-state index in [1.165, 1.54) is 11.8 Å². The molecule has 1 aromatic carbocycles. The number of fused-ring (bicyclic) bond motifs is 1. The largest absolute Gasteiger partial charge is 0.465 e. The standard InChI is InChI=1S/C20H22N4O2S/c1-14(19-22-16-7-3-4-8-17(16)27-19)23-10-12-24(13-11-23)18-15(20(25)26-2)6-5-9-21-18/h3-9,14H,10-13H2,1-2H3. The van der Waals surface area contributed by atoms with Crippen LogP contribution in [-0.4, -0.2) is 54.1 Å². The van der Waals surface area contributed by atoms with Crippen molar-refractivity contribution in [3.8, 4) is 0 Å². The first-order valence-electron chi connectivity index (χ1n) is 9.05. The molecule has 1 fully saturated rings. The molecule has 0 aliphatic carbocycles. The van der Waals surface area contributed by atoms with Gasteiger partial charge in [0.05, 0.1) is 23.4 Å². The number of piperazine rings is 1. The van der Waals surface area contributed by atoms with Gasteiger partial charge in [-0.05, 0) is 31.2 Å². The Hall–Kier alpha value is -2.51. The van der Waals surface area contributed by atoms with Crippen LogP contribution in [0.3, 0.4) is 0 Å². The number of aromatic nitrogens is 2. The molecule has 4 rings (SSSR count). The van der Waals surface area contributed by atoms with Gasteiger partial charge in [-0.15, -0.1) is 11.3 Å². The second-order valence-corrected chi connectivity index (χ2v) is 7.65. The molecule has 0 saturated carbocycles. The number of methoxy groups -OCH3 is 1. The van der Waals surface area contributed by atoms with Gasteiger partial charge in [0.2, 0.25) is 0 Å². The fourth-order valence-electron chi connectivity index (χ4n) is 3.46. The molecule has 1 aliphatic rings. The third kappa shape index (κ3) is 3.52. The summed E-state index contributed by atoms with van der Waals surface area (Å²) in [6, 6.07) is 12.1. The molecular formula is C20H22N4O2S. The van der Waals surface area contributed by atoms with Crippen molar-refractivity contribution >= 4 is 33.3 Å². The number of rotatable bonds is 4. The molecule has 6 nitrogen and oxygen atoms in total. The minimum atomic E-state index is -0.344. The fraction of sp³-hybridized carbons (Fsp3) is 0.350. The lowest BCUT2D eigenvalue weighted by Crippen LogP contribution is -2.47. The van der Waals surface area contributed by atoms with Crippen LogP contribution >= 0.6 is 11.3 Å². The number of benzene rings is 1. The summed E-state index contributed by atoms with van der Waals surface area (Å²) in [5.74, 6) is 0.361. The molecule has 0 spiro atoms. The zero-order valence-corrected chi connectivity index (χ0v) is 16.3. The number of hydrogen-bond acceptors (Lipinski definition) is 7. The van der Waals surface area contributed by atoms with E-state index in [-0.39, 0.29) is 12.0 Å². The van der Waals surface area contributed by atoms with Crippen LogP contribution in [0.25, 0.3) is 10.2 Å². The number of ether oxygens (including phenoxy) is 1. The number of carbonyl (C=O) groups excluding carboxylic acids is 1. The zero-order chi connectivity index (χ0) is 18.8. The molecule has 1 unspecified atom stereocenters. The van der Waals surface area contributed by atoms with Gasteiger partial charge in [0.15, 0.2) is 0 Å². The molecule has 0 bridgehead atoms. The van der Waals surface area contributed by atoms with Gasteiger partial charge in [0.25, 0.3) is 0 Å². The molecule has 3 aromatic rings. The third-order valence-electron chi connectivity index (χ3n) is 5.02. The Bertz CT molecular complexity index is 917. The topological polar surface area (TPSA) is 58.6 Å².